The molecule has 0 aromatic heterocycles. The van der Waals surface area contributed by atoms with Crippen molar-refractivity contribution in [1.29, 1.82) is 0 Å². The van der Waals surface area contributed by atoms with Crippen molar-refractivity contribution in [2.45, 2.75) is 31.4 Å². The molecule has 0 aliphatic carbocycles. The summed E-state index contributed by atoms with van der Waals surface area (Å²) in [5, 5.41) is 0.618. The molecule has 1 aromatic carbocycles. The van der Waals surface area contributed by atoms with Gasteiger partial charge in [0, 0.05) is 24.1 Å². The molecule has 0 spiro atoms. The highest BCUT2D eigenvalue weighted by molar-refractivity contribution is 6.31. The van der Waals surface area contributed by atoms with Gasteiger partial charge in [-0.15, -0.1) is 0 Å². The Labute approximate surface area is 117 Å². The van der Waals surface area contributed by atoms with Crippen LogP contribution in [0.1, 0.15) is 30.9 Å². The molecule has 104 valence electrons. The first-order valence-corrected chi connectivity index (χ1v) is 7.10. The number of nitrogens with two attached hydrogens (primary N) is 1. The minimum atomic E-state index is -0.216. The molecule has 19 heavy (non-hydrogen) atoms. The summed E-state index contributed by atoms with van der Waals surface area (Å²) >= 11 is 6.32. The molecule has 0 amide bonds. The van der Waals surface area contributed by atoms with E-state index in [2.05, 4.69) is 0 Å². The quantitative estimate of drug-likeness (QED) is 0.907. The molecular formula is C14H18ClNO3. The highest BCUT2D eigenvalue weighted by atomic mass is 35.5. The Balaban J connectivity index is 1.90. The van der Waals surface area contributed by atoms with E-state index in [0.717, 1.165) is 37.2 Å². The standard InChI is InChI=1S/C14H18ClNO3/c15-10-8-13-12(18-5-2-6-19-13)7-9(10)14(16)11-3-1-4-17-11/h7-8,11,14H,1-6,16H2. The van der Waals surface area contributed by atoms with Crippen LogP contribution in [-0.4, -0.2) is 25.9 Å². The van der Waals surface area contributed by atoms with Crippen LogP contribution in [-0.2, 0) is 4.74 Å². The second-order valence-electron chi connectivity index (χ2n) is 4.95. The van der Waals surface area contributed by atoms with Crippen molar-refractivity contribution in [2.75, 3.05) is 19.8 Å². The zero-order valence-corrected chi connectivity index (χ0v) is 11.5. The number of halogens is 1. The van der Waals surface area contributed by atoms with E-state index >= 15 is 0 Å². The summed E-state index contributed by atoms with van der Waals surface area (Å²) in [5.74, 6) is 1.43. The van der Waals surface area contributed by atoms with E-state index in [4.69, 9.17) is 31.5 Å². The Hall–Kier alpha value is -0.970. The van der Waals surface area contributed by atoms with Gasteiger partial charge < -0.3 is 19.9 Å². The largest absolute Gasteiger partial charge is 0.490 e. The molecular weight excluding hydrogens is 266 g/mol. The third-order valence-corrected chi connectivity index (χ3v) is 3.92. The minimum Gasteiger partial charge on any atom is -0.490 e. The van der Waals surface area contributed by atoms with Crippen molar-refractivity contribution in [1.82, 2.24) is 0 Å². The molecule has 2 aliphatic heterocycles. The highest BCUT2D eigenvalue weighted by Crippen LogP contribution is 2.38. The maximum absolute atomic E-state index is 6.32. The van der Waals surface area contributed by atoms with E-state index in [9.17, 15) is 0 Å². The molecule has 2 aliphatic rings. The van der Waals surface area contributed by atoms with Crippen LogP contribution in [0.2, 0.25) is 5.02 Å². The second kappa shape index (κ2) is 5.57. The van der Waals surface area contributed by atoms with Gasteiger partial charge in [0.2, 0.25) is 0 Å². The van der Waals surface area contributed by atoms with E-state index in [0.29, 0.717) is 24.0 Å². The molecule has 1 aromatic rings. The summed E-state index contributed by atoms with van der Waals surface area (Å²) in [4.78, 5) is 0. The highest BCUT2D eigenvalue weighted by Gasteiger charge is 2.27. The van der Waals surface area contributed by atoms with Gasteiger partial charge in [0.15, 0.2) is 11.5 Å². The molecule has 0 bridgehead atoms. The van der Waals surface area contributed by atoms with Gasteiger partial charge >= 0.3 is 0 Å². The molecule has 5 heteroatoms. The maximum Gasteiger partial charge on any atom is 0.162 e. The van der Waals surface area contributed by atoms with Gasteiger partial charge in [-0.3, -0.25) is 0 Å². The molecule has 2 heterocycles. The van der Waals surface area contributed by atoms with Crippen molar-refractivity contribution < 1.29 is 14.2 Å². The fourth-order valence-electron chi connectivity index (χ4n) is 2.54. The Kier molecular flexibility index (Phi) is 3.82. The lowest BCUT2D eigenvalue weighted by Crippen LogP contribution is -2.25. The average Bonchev–Trinajstić information content (AvgIpc) is 2.84. The lowest BCUT2D eigenvalue weighted by Gasteiger charge is -2.21. The fourth-order valence-corrected chi connectivity index (χ4v) is 2.82. The van der Waals surface area contributed by atoms with Gasteiger partial charge in [0.25, 0.3) is 0 Å². The normalized spacial score (nSPS) is 24.0. The summed E-state index contributed by atoms with van der Waals surface area (Å²) in [6, 6.07) is 3.48. The first-order valence-electron chi connectivity index (χ1n) is 6.72. The third kappa shape index (κ3) is 2.66. The van der Waals surface area contributed by atoms with Gasteiger partial charge in [-0.05, 0) is 24.5 Å². The Morgan fingerprint density at radius 3 is 2.53 bits per heavy atom. The second-order valence-corrected chi connectivity index (χ2v) is 5.36. The summed E-state index contributed by atoms with van der Waals surface area (Å²) in [6.45, 7) is 2.09. The molecule has 2 unspecified atom stereocenters. The van der Waals surface area contributed by atoms with E-state index < -0.39 is 0 Å². The van der Waals surface area contributed by atoms with Crippen molar-refractivity contribution >= 4 is 11.6 Å². The number of hydrogen-bond donors (Lipinski definition) is 1. The monoisotopic (exact) mass is 283 g/mol. The smallest absolute Gasteiger partial charge is 0.162 e. The van der Waals surface area contributed by atoms with Gasteiger partial charge in [-0.1, -0.05) is 11.6 Å². The summed E-state index contributed by atoms with van der Waals surface area (Å²) in [6.07, 6.45) is 2.95. The van der Waals surface area contributed by atoms with E-state index in [1.807, 2.05) is 6.07 Å². The number of rotatable bonds is 2. The first kappa shape index (κ1) is 13.0. The van der Waals surface area contributed by atoms with Crippen molar-refractivity contribution in [2.24, 2.45) is 5.73 Å². The van der Waals surface area contributed by atoms with E-state index in [1.54, 1.807) is 6.07 Å². The molecule has 3 rings (SSSR count). The topological polar surface area (TPSA) is 53.7 Å². The van der Waals surface area contributed by atoms with Crippen LogP contribution in [0.25, 0.3) is 0 Å². The number of benzene rings is 1. The van der Waals surface area contributed by atoms with Crippen LogP contribution in [0.15, 0.2) is 12.1 Å². The summed E-state index contributed by atoms with van der Waals surface area (Å²) in [5.41, 5.74) is 7.14. The average molecular weight is 284 g/mol. The maximum atomic E-state index is 6.32. The lowest BCUT2D eigenvalue weighted by atomic mass is 9.99. The van der Waals surface area contributed by atoms with Crippen LogP contribution in [0.4, 0.5) is 0 Å². The predicted octanol–water partition coefficient (Wildman–Crippen LogP) is 2.68. The number of hydrogen-bond acceptors (Lipinski definition) is 4. The van der Waals surface area contributed by atoms with Crippen LogP contribution in [0, 0.1) is 0 Å². The number of fused-ring (bicyclic) bond motifs is 1. The van der Waals surface area contributed by atoms with Gasteiger partial charge in [0.05, 0.1) is 25.4 Å². The van der Waals surface area contributed by atoms with Gasteiger partial charge in [-0.2, -0.15) is 0 Å². The van der Waals surface area contributed by atoms with E-state index in [-0.39, 0.29) is 12.1 Å². The summed E-state index contributed by atoms with van der Waals surface area (Å²) < 4.78 is 16.9. The van der Waals surface area contributed by atoms with Crippen LogP contribution >= 0.6 is 11.6 Å². The van der Waals surface area contributed by atoms with Crippen molar-refractivity contribution in [3.05, 3.63) is 22.7 Å². The molecule has 4 nitrogen and oxygen atoms in total. The number of ether oxygens (including phenoxy) is 3. The first-order chi connectivity index (χ1) is 9.25. The lowest BCUT2D eigenvalue weighted by molar-refractivity contribution is 0.0900. The molecule has 1 saturated heterocycles. The SMILES string of the molecule is NC(c1cc2c(cc1Cl)OCCCO2)C1CCCO1. The van der Waals surface area contributed by atoms with Gasteiger partial charge in [0.1, 0.15) is 0 Å². The third-order valence-electron chi connectivity index (χ3n) is 3.59. The van der Waals surface area contributed by atoms with Gasteiger partial charge in [-0.25, -0.2) is 0 Å². The van der Waals surface area contributed by atoms with E-state index in [1.165, 1.54) is 0 Å². The Morgan fingerprint density at radius 1 is 1.11 bits per heavy atom. The zero-order chi connectivity index (χ0) is 13.2. The zero-order valence-electron chi connectivity index (χ0n) is 10.7. The van der Waals surface area contributed by atoms with Crippen molar-refractivity contribution in [3.8, 4) is 11.5 Å². The predicted molar refractivity (Wildman–Crippen MR) is 73.0 cm³/mol. The Bertz CT molecular complexity index is 460. The van der Waals surface area contributed by atoms with Crippen LogP contribution in [0.3, 0.4) is 0 Å². The van der Waals surface area contributed by atoms with Crippen LogP contribution < -0.4 is 15.2 Å². The molecule has 0 radical (unpaired) electrons. The Morgan fingerprint density at radius 2 is 1.84 bits per heavy atom. The molecule has 0 saturated carbocycles. The van der Waals surface area contributed by atoms with Crippen molar-refractivity contribution in [3.63, 3.8) is 0 Å². The van der Waals surface area contributed by atoms with Crippen LogP contribution in [0.5, 0.6) is 11.5 Å². The summed E-state index contributed by atoms with van der Waals surface area (Å²) in [7, 11) is 0. The molecule has 1 fully saturated rings. The molecule has 2 atom stereocenters. The fraction of sp³-hybridized carbons (Fsp3) is 0.571. The minimum absolute atomic E-state index is 0.0437. The molecule has 2 N–H and O–H groups in total.